The van der Waals surface area contributed by atoms with E-state index in [1.165, 1.54) is 16.6 Å². The lowest BCUT2D eigenvalue weighted by atomic mass is 10.0. The molecular weight excluding hydrogens is 284 g/mol. The van der Waals surface area contributed by atoms with Crippen molar-refractivity contribution in [3.05, 3.63) is 47.8 Å². The highest BCUT2D eigenvalue weighted by atomic mass is 15.1. The summed E-state index contributed by atoms with van der Waals surface area (Å²) in [4.78, 5) is 9.25. The molecule has 0 atom stereocenters. The summed E-state index contributed by atoms with van der Waals surface area (Å²) in [6, 6.07) is 9.09. The van der Waals surface area contributed by atoms with E-state index in [-0.39, 0.29) is 0 Å². The molecule has 3 heterocycles. The van der Waals surface area contributed by atoms with E-state index in [4.69, 9.17) is 4.98 Å². The van der Waals surface area contributed by atoms with Crippen molar-refractivity contribution in [2.75, 3.05) is 13.1 Å². The van der Waals surface area contributed by atoms with Crippen LogP contribution in [0.15, 0.2) is 36.7 Å². The van der Waals surface area contributed by atoms with Crippen molar-refractivity contribution in [1.82, 2.24) is 19.9 Å². The van der Waals surface area contributed by atoms with E-state index >= 15 is 0 Å². The first-order chi connectivity index (χ1) is 11.2. The minimum atomic E-state index is 0.499. The average molecular weight is 306 g/mol. The van der Waals surface area contributed by atoms with Crippen LogP contribution in [0.2, 0.25) is 0 Å². The van der Waals surface area contributed by atoms with Gasteiger partial charge in [0.15, 0.2) is 0 Å². The smallest absolute Gasteiger partial charge is 0.142 e. The van der Waals surface area contributed by atoms with Crippen LogP contribution in [0.5, 0.6) is 0 Å². The highest BCUT2D eigenvalue weighted by Gasteiger charge is 2.22. The molecule has 2 aromatic heterocycles. The number of fused-ring (bicyclic) bond motifs is 1. The predicted molar refractivity (Wildman–Crippen MR) is 93.6 cm³/mol. The van der Waals surface area contributed by atoms with Crippen LogP contribution in [0, 0.1) is 13.8 Å². The molecule has 23 heavy (non-hydrogen) atoms. The van der Waals surface area contributed by atoms with Gasteiger partial charge >= 0.3 is 0 Å². The summed E-state index contributed by atoms with van der Waals surface area (Å²) >= 11 is 0. The Labute approximate surface area is 136 Å². The van der Waals surface area contributed by atoms with Gasteiger partial charge in [0.25, 0.3) is 0 Å². The minimum Gasteiger partial charge on any atom is -0.321 e. The Kier molecular flexibility index (Phi) is 3.62. The molecule has 118 valence electrons. The first-order valence-corrected chi connectivity index (χ1v) is 8.34. The van der Waals surface area contributed by atoms with Crippen LogP contribution >= 0.6 is 0 Å². The van der Waals surface area contributed by atoms with Gasteiger partial charge in [0.1, 0.15) is 5.82 Å². The Bertz CT molecular complexity index is 829. The summed E-state index contributed by atoms with van der Waals surface area (Å²) in [6.45, 7) is 6.48. The number of nitrogens with zero attached hydrogens (tertiary/aromatic N) is 3. The Morgan fingerprint density at radius 2 is 1.91 bits per heavy atom. The quantitative estimate of drug-likeness (QED) is 0.786. The number of pyridine rings is 1. The lowest BCUT2D eigenvalue weighted by Gasteiger charge is -2.26. The highest BCUT2D eigenvalue weighted by Crippen LogP contribution is 2.33. The van der Waals surface area contributed by atoms with Crippen LogP contribution in [-0.2, 0) is 0 Å². The standard InChI is InChI=1S/C19H22N4/c1-13-10-17-18(11-14(13)2)23(16-5-8-20-9-6-16)19(22-17)15-4-3-7-21-12-15/h3-4,7,10-12,16,20H,5-6,8-9H2,1-2H3. The van der Waals surface area contributed by atoms with Crippen molar-refractivity contribution in [1.29, 1.82) is 0 Å². The molecule has 4 nitrogen and oxygen atoms in total. The molecule has 1 aliphatic heterocycles. The maximum Gasteiger partial charge on any atom is 0.142 e. The SMILES string of the molecule is Cc1cc2nc(-c3cccnc3)n(C3CCNCC3)c2cc1C. The van der Waals surface area contributed by atoms with Gasteiger partial charge in [0.05, 0.1) is 11.0 Å². The fourth-order valence-corrected chi connectivity index (χ4v) is 3.48. The van der Waals surface area contributed by atoms with Crippen molar-refractivity contribution >= 4 is 11.0 Å². The molecule has 0 spiro atoms. The van der Waals surface area contributed by atoms with Crippen LogP contribution in [0.3, 0.4) is 0 Å². The second-order valence-electron chi connectivity index (χ2n) is 6.45. The number of piperidine rings is 1. The zero-order valence-electron chi connectivity index (χ0n) is 13.7. The van der Waals surface area contributed by atoms with Crippen LogP contribution in [0.1, 0.15) is 30.0 Å². The molecule has 0 bridgehead atoms. The summed E-state index contributed by atoms with van der Waals surface area (Å²) < 4.78 is 2.44. The van der Waals surface area contributed by atoms with Crippen LogP contribution < -0.4 is 5.32 Å². The number of nitrogens with one attached hydrogen (secondary N) is 1. The van der Waals surface area contributed by atoms with Gasteiger partial charge < -0.3 is 9.88 Å². The van der Waals surface area contributed by atoms with Crippen molar-refractivity contribution < 1.29 is 0 Å². The molecule has 3 aromatic rings. The Balaban J connectivity index is 1.96. The third-order valence-electron chi connectivity index (χ3n) is 4.90. The maximum absolute atomic E-state index is 4.96. The molecule has 1 N–H and O–H groups in total. The Morgan fingerprint density at radius 1 is 1.13 bits per heavy atom. The number of benzene rings is 1. The zero-order valence-corrected chi connectivity index (χ0v) is 13.7. The largest absolute Gasteiger partial charge is 0.321 e. The van der Waals surface area contributed by atoms with Gasteiger partial charge in [-0.25, -0.2) is 4.98 Å². The van der Waals surface area contributed by atoms with E-state index in [0.717, 1.165) is 42.8 Å². The number of aromatic nitrogens is 3. The van der Waals surface area contributed by atoms with Gasteiger partial charge in [-0.1, -0.05) is 0 Å². The number of imidazole rings is 1. The zero-order chi connectivity index (χ0) is 15.8. The third kappa shape index (κ3) is 2.53. The van der Waals surface area contributed by atoms with E-state index < -0.39 is 0 Å². The van der Waals surface area contributed by atoms with E-state index in [1.54, 1.807) is 0 Å². The molecule has 0 amide bonds. The molecule has 0 unspecified atom stereocenters. The second kappa shape index (κ2) is 5.78. The molecule has 0 aliphatic carbocycles. The van der Waals surface area contributed by atoms with Crippen LogP contribution in [0.25, 0.3) is 22.4 Å². The summed E-state index contributed by atoms with van der Waals surface area (Å²) in [5.41, 5.74) is 6.05. The van der Waals surface area contributed by atoms with Gasteiger partial charge in [0, 0.05) is 24.0 Å². The number of rotatable bonds is 2. The Morgan fingerprint density at radius 3 is 2.65 bits per heavy atom. The van der Waals surface area contributed by atoms with Gasteiger partial charge in [-0.2, -0.15) is 0 Å². The fourth-order valence-electron chi connectivity index (χ4n) is 3.48. The van der Waals surface area contributed by atoms with Gasteiger partial charge in [-0.05, 0) is 75.2 Å². The summed E-state index contributed by atoms with van der Waals surface area (Å²) in [7, 11) is 0. The van der Waals surface area contributed by atoms with Gasteiger partial charge in [-0.3, -0.25) is 4.98 Å². The molecule has 4 rings (SSSR count). The predicted octanol–water partition coefficient (Wildman–Crippen LogP) is 3.64. The van der Waals surface area contributed by atoms with E-state index in [1.807, 2.05) is 18.5 Å². The van der Waals surface area contributed by atoms with Crippen molar-refractivity contribution in [3.8, 4) is 11.4 Å². The molecule has 1 fully saturated rings. The third-order valence-corrected chi connectivity index (χ3v) is 4.90. The molecular formula is C19H22N4. The first-order valence-electron chi connectivity index (χ1n) is 8.34. The second-order valence-corrected chi connectivity index (χ2v) is 6.45. The monoisotopic (exact) mass is 306 g/mol. The molecule has 1 aromatic carbocycles. The number of aryl methyl sites for hydroxylation is 2. The van der Waals surface area contributed by atoms with Crippen molar-refractivity contribution in [2.24, 2.45) is 0 Å². The summed E-state index contributed by atoms with van der Waals surface area (Å²) in [5.74, 6) is 1.05. The Hall–Kier alpha value is -2.20. The molecule has 0 saturated carbocycles. The normalized spacial score (nSPS) is 16.1. The number of hydrogen-bond donors (Lipinski definition) is 1. The molecule has 1 saturated heterocycles. The number of hydrogen-bond acceptors (Lipinski definition) is 3. The van der Waals surface area contributed by atoms with E-state index in [0.29, 0.717) is 6.04 Å². The fraction of sp³-hybridized carbons (Fsp3) is 0.368. The van der Waals surface area contributed by atoms with E-state index in [2.05, 4.69) is 46.9 Å². The van der Waals surface area contributed by atoms with Crippen LogP contribution in [-0.4, -0.2) is 27.6 Å². The maximum atomic E-state index is 4.96. The first kappa shape index (κ1) is 14.4. The van der Waals surface area contributed by atoms with E-state index in [9.17, 15) is 0 Å². The molecule has 1 aliphatic rings. The highest BCUT2D eigenvalue weighted by molar-refractivity contribution is 5.82. The average Bonchev–Trinajstić information content (AvgIpc) is 2.95. The van der Waals surface area contributed by atoms with Gasteiger partial charge in [-0.15, -0.1) is 0 Å². The summed E-state index contributed by atoms with van der Waals surface area (Å²) in [6.07, 6.45) is 6.02. The molecule has 4 heteroatoms. The lowest BCUT2D eigenvalue weighted by molar-refractivity contribution is 0.377. The minimum absolute atomic E-state index is 0.499. The lowest BCUT2D eigenvalue weighted by Crippen LogP contribution is -2.29. The van der Waals surface area contributed by atoms with Crippen molar-refractivity contribution in [3.63, 3.8) is 0 Å². The van der Waals surface area contributed by atoms with Crippen LogP contribution in [0.4, 0.5) is 0 Å². The molecule has 0 radical (unpaired) electrons. The summed E-state index contributed by atoms with van der Waals surface area (Å²) in [5, 5.41) is 3.46. The van der Waals surface area contributed by atoms with Gasteiger partial charge in [0.2, 0.25) is 0 Å². The topological polar surface area (TPSA) is 42.7 Å². The van der Waals surface area contributed by atoms with Crippen molar-refractivity contribution in [2.45, 2.75) is 32.7 Å².